The predicted molar refractivity (Wildman–Crippen MR) is 34.6 cm³/mol. The Morgan fingerprint density at radius 2 is 2.25 bits per heavy atom. The van der Waals surface area contributed by atoms with E-state index in [-0.39, 0.29) is 11.4 Å². The molecule has 0 aliphatic heterocycles. The van der Waals surface area contributed by atoms with Crippen molar-refractivity contribution in [2.24, 2.45) is 5.92 Å². The maximum absolute atomic E-state index is 8.26. The Morgan fingerprint density at radius 1 is 1.75 bits per heavy atom. The lowest BCUT2D eigenvalue weighted by molar-refractivity contribution is 0.150. The number of nitrogens with zero attached hydrogens (tertiary/aromatic N) is 1. The van der Waals surface area contributed by atoms with Crippen LogP contribution in [0.15, 0.2) is 0 Å². The van der Waals surface area contributed by atoms with Gasteiger partial charge >= 0.3 is 0 Å². The van der Waals surface area contributed by atoms with Gasteiger partial charge in [-0.05, 0) is 6.92 Å². The van der Waals surface area contributed by atoms with Crippen molar-refractivity contribution >= 4 is 12.6 Å². The van der Waals surface area contributed by atoms with Gasteiger partial charge in [0.05, 0.1) is 12.0 Å². The van der Waals surface area contributed by atoms with Gasteiger partial charge in [-0.15, -0.1) is 12.6 Å². The Kier molecular flexibility index (Phi) is 3.67. The highest BCUT2D eigenvalue weighted by molar-refractivity contribution is 7.80. The van der Waals surface area contributed by atoms with E-state index < -0.39 is 0 Å². The summed E-state index contributed by atoms with van der Waals surface area (Å²) >= 11 is 3.96. The Labute approximate surface area is 54.9 Å². The summed E-state index contributed by atoms with van der Waals surface area (Å²) in [5.41, 5.74) is -0.250. The fourth-order valence-electron chi connectivity index (χ4n) is 0.268. The molecule has 2 unspecified atom stereocenters. The minimum Gasteiger partial charge on any atom is -0.370 e. The molecule has 0 aromatic carbocycles. The van der Waals surface area contributed by atoms with Gasteiger partial charge in [0.1, 0.15) is 5.44 Å². The smallest absolute Gasteiger partial charge is 0.115 e. The summed E-state index contributed by atoms with van der Waals surface area (Å²) in [6.07, 6.45) is 0. The van der Waals surface area contributed by atoms with Gasteiger partial charge in [0.2, 0.25) is 0 Å². The average molecular weight is 131 g/mol. The lowest BCUT2D eigenvalue weighted by atomic mass is 10.2. The zero-order chi connectivity index (χ0) is 6.57. The molecule has 0 aromatic rings. The topological polar surface area (TPSA) is 33.0 Å². The van der Waals surface area contributed by atoms with E-state index in [1.807, 2.05) is 6.07 Å². The molecule has 0 aliphatic rings. The molecule has 0 aliphatic carbocycles. The van der Waals surface area contributed by atoms with E-state index in [0.717, 1.165) is 0 Å². The number of nitriles is 1. The molecule has 46 valence electrons. The Balaban J connectivity index is 3.49. The number of methoxy groups -OCH3 is 1. The normalized spacial score (nSPS) is 16.8. The summed E-state index contributed by atoms with van der Waals surface area (Å²) in [6, 6.07) is 2.01. The molecule has 0 spiro atoms. The zero-order valence-electron chi connectivity index (χ0n) is 4.96. The monoisotopic (exact) mass is 131 g/mol. The first-order valence-corrected chi connectivity index (χ1v) is 2.84. The van der Waals surface area contributed by atoms with E-state index in [2.05, 4.69) is 12.6 Å². The molecule has 0 radical (unpaired) electrons. The molecule has 0 amide bonds. The van der Waals surface area contributed by atoms with Crippen LogP contribution in [0.5, 0.6) is 0 Å². The van der Waals surface area contributed by atoms with Gasteiger partial charge in [0.15, 0.2) is 0 Å². The second kappa shape index (κ2) is 3.76. The molecule has 0 saturated carbocycles. The van der Waals surface area contributed by atoms with E-state index in [1.165, 1.54) is 7.11 Å². The maximum atomic E-state index is 8.26. The van der Waals surface area contributed by atoms with Gasteiger partial charge in [0.25, 0.3) is 0 Å². The Morgan fingerprint density at radius 3 is 2.38 bits per heavy atom. The molecule has 2 atom stereocenters. The van der Waals surface area contributed by atoms with E-state index in [4.69, 9.17) is 10.00 Å². The van der Waals surface area contributed by atoms with Crippen LogP contribution in [0.4, 0.5) is 0 Å². The standard InChI is InChI=1S/C5H9NOS/c1-4(3-6)5(8)7-2/h4-5,8H,1-2H3. The van der Waals surface area contributed by atoms with Crippen molar-refractivity contribution in [3.63, 3.8) is 0 Å². The second-order valence-corrected chi connectivity index (χ2v) is 2.05. The van der Waals surface area contributed by atoms with Crippen LogP contribution < -0.4 is 0 Å². The van der Waals surface area contributed by atoms with Crippen LogP contribution >= 0.6 is 12.6 Å². The Bertz CT molecular complexity index is 99.1. The third-order valence-corrected chi connectivity index (χ3v) is 1.53. The summed E-state index contributed by atoms with van der Waals surface area (Å²) in [6.45, 7) is 1.77. The molecule has 0 heterocycles. The first-order chi connectivity index (χ1) is 3.72. The number of hydrogen-bond donors (Lipinski definition) is 1. The van der Waals surface area contributed by atoms with Crippen LogP contribution in [0.25, 0.3) is 0 Å². The zero-order valence-corrected chi connectivity index (χ0v) is 5.85. The molecule has 0 bridgehead atoms. The van der Waals surface area contributed by atoms with Gasteiger partial charge in [-0.25, -0.2) is 0 Å². The lowest BCUT2D eigenvalue weighted by Gasteiger charge is -2.08. The molecular formula is C5H9NOS. The van der Waals surface area contributed by atoms with Gasteiger partial charge < -0.3 is 4.74 Å². The van der Waals surface area contributed by atoms with E-state index >= 15 is 0 Å². The van der Waals surface area contributed by atoms with Crippen molar-refractivity contribution in [1.82, 2.24) is 0 Å². The van der Waals surface area contributed by atoms with Crippen molar-refractivity contribution in [1.29, 1.82) is 5.26 Å². The van der Waals surface area contributed by atoms with Crippen LogP contribution in [-0.4, -0.2) is 12.5 Å². The Hall–Kier alpha value is -0.200. The van der Waals surface area contributed by atoms with Crippen LogP contribution in [0.1, 0.15) is 6.92 Å². The largest absolute Gasteiger partial charge is 0.370 e. The average Bonchev–Trinajstić information content (AvgIpc) is 1.84. The van der Waals surface area contributed by atoms with Crippen molar-refractivity contribution in [3.05, 3.63) is 0 Å². The molecule has 0 N–H and O–H groups in total. The van der Waals surface area contributed by atoms with Gasteiger partial charge in [-0.1, -0.05) is 0 Å². The van der Waals surface area contributed by atoms with Crippen molar-refractivity contribution in [3.8, 4) is 6.07 Å². The molecule has 0 fully saturated rings. The first-order valence-electron chi connectivity index (χ1n) is 2.33. The molecule has 3 heteroatoms. The third-order valence-electron chi connectivity index (χ3n) is 0.873. The summed E-state index contributed by atoms with van der Waals surface area (Å²) in [5, 5.41) is 8.26. The van der Waals surface area contributed by atoms with Crippen molar-refractivity contribution in [2.45, 2.75) is 12.4 Å². The number of rotatable bonds is 2. The van der Waals surface area contributed by atoms with Crippen molar-refractivity contribution in [2.75, 3.05) is 7.11 Å². The summed E-state index contributed by atoms with van der Waals surface area (Å²) in [5.74, 6) is -0.136. The minimum absolute atomic E-state index is 0.136. The quantitative estimate of drug-likeness (QED) is 0.449. The van der Waals surface area contributed by atoms with E-state index in [0.29, 0.717) is 0 Å². The molecule has 2 nitrogen and oxygen atoms in total. The van der Waals surface area contributed by atoms with E-state index in [9.17, 15) is 0 Å². The van der Waals surface area contributed by atoms with Crippen molar-refractivity contribution < 1.29 is 4.74 Å². The molecule has 0 aromatic heterocycles. The van der Waals surface area contributed by atoms with Crippen LogP contribution in [0, 0.1) is 17.2 Å². The lowest BCUT2D eigenvalue weighted by Crippen LogP contribution is -2.10. The maximum Gasteiger partial charge on any atom is 0.115 e. The van der Waals surface area contributed by atoms with Gasteiger partial charge in [0, 0.05) is 7.11 Å². The second-order valence-electron chi connectivity index (χ2n) is 1.54. The van der Waals surface area contributed by atoms with Crippen LogP contribution in [0.3, 0.4) is 0 Å². The van der Waals surface area contributed by atoms with Gasteiger partial charge in [-0.2, -0.15) is 5.26 Å². The fourth-order valence-corrected chi connectivity index (χ4v) is 0.335. The number of thiol groups is 1. The highest BCUT2D eigenvalue weighted by Gasteiger charge is 2.08. The van der Waals surface area contributed by atoms with Crippen LogP contribution in [-0.2, 0) is 4.74 Å². The minimum atomic E-state index is -0.250. The summed E-state index contributed by atoms with van der Waals surface area (Å²) in [4.78, 5) is 0. The SMILES string of the molecule is COC(S)C(C)C#N. The molecule has 0 saturated heterocycles. The number of ether oxygens (including phenoxy) is 1. The first kappa shape index (κ1) is 7.80. The fraction of sp³-hybridized carbons (Fsp3) is 0.800. The van der Waals surface area contributed by atoms with Crippen LogP contribution in [0.2, 0.25) is 0 Å². The highest BCUT2D eigenvalue weighted by atomic mass is 32.1. The third kappa shape index (κ3) is 2.20. The molecule has 0 rings (SSSR count). The summed E-state index contributed by atoms with van der Waals surface area (Å²) < 4.78 is 4.74. The number of hydrogen-bond acceptors (Lipinski definition) is 3. The summed E-state index contributed by atoms with van der Waals surface area (Å²) in [7, 11) is 1.53. The molecule has 8 heavy (non-hydrogen) atoms. The van der Waals surface area contributed by atoms with Gasteiger partial charge in [-0.3, -0.25) is 0 Å². The highest BCUT2D eigenvalue weighted by Crippen LogP contribution is 2.07. The predicted octanol–water partition coefficient (Wildman–Crippen LogP) is 1.05. The van der Waals surface area contributed by atoms with E-state index in [1.54, 1.807) is 6.92 Å². The molecular weight excluding hydrogens is 122 g/mol.